The van der Waals surface area contributed by atoms with Crippen LogP contribution in [0.2, 0.25) is 0 Å². The summed E-state index contributed by atoms with van der Waals surface area (Å²) in [6, 6.07) is 9.99. The van der Waals surface area contributed by atoms with E-state index >= 15 is 0 Å². The lowest BCUT2D eigenvalue weighted by atomic mass is 10.1. The number of sulfonamides is 1. The van der Waals surface area contributed by atoms with Crippen molar-refractivity contribution in [2.45, 2.75) is 24.7 Å². The van der Waals surface area contributed by atoms with E-state index in [4.69, 9.17) is 4.74 Å². The number of carbonyl (C=O) groups excluding carboxylic acids is 1. The summed E-state index contributed by atoms with van der Waals surface area (Å²) in [5.41, 5.74) is 2.73. The molecule has 1 aliphatic rings. The largest absolute Gasteiger partial charge is 0.495 e. The third-order valence-corrected chi connectivity index (χ3v) is 5.29. The number of amides is 1. The summed E-state index contributed by atoms with van der Waals surface area (Å²) in [7, 11) is -2.29. The molecule has 3 rings (SSSR count). The summed E-state index contributed by atoms with van der Waals surface area (Å²) < 4.78 is 33.2. The predicted molar refractivity (Wildman–Crippen MR) is 92.0 cm³/mol. The minimum absolute atomic E-state index is 0.113. The fourth-order valence-corrected chi connectivity index (χ4v) is 3.74. The average molecular weight is 346 g/mol. The number of ether oxygens (including phenoxy) is 1. The number of hydrogen-bond acceptors (Lipinski definition) is 4. The number of anilines is 2. The first-order valence-corrected chi connectivity index (χ1v) is 9.04. The highest BCUT2D eigenvalue weighted by Gasteiger charge is 2.22. The summed E-state index contributed by atoms with van der Waals surface area (Å²) in [6.45, 7) is 1.99. The van der Waals surface area contributed by atoms with Crippen LogP contribution in [-0.2, 0) is 27.7 Å². The van der Waals surface area contributed by atoms with Gasteiger partial charge in [-0.25, -0.2) is 8.42 Å². The van der Waals surface area contributed by atoms with E-state index in [0.717, 1.165) is 12.0 Å². The molecule has 1 heterocycles. The Labute approximate surface area is 140 Å². The lowest BCUT2D eigenvalue weighted by Gasteiger charge is -2.13. The first kappa shape index (κ1) is 16.3. The molecule has 0 fully saturated rings. The number of aryl methyl sites for hydroxylation is 1. The highest BCUT2D eigenvalue weighted by atomic mass is 32.2. The van der Waals surface area contributed by atoms with Crippen LogP contribution in [0, 0.1) is 0 Å². The molecule has 0 unspecified atom stereocenters. The molecule has 0 aromatic heterocycles. The second-order valence-corrected chi connectivity index (χ2v) is 7.22. The van der Waals surface area contributed by atoms with E-state index < -0.39 is 10.0 Å². The maximum absolute atomic E-state index is 12.7. The Kier molecular flexibility index (Phi) is 4.19. The van der Waals surface area contributed by atoms with Crippen LogP contribution >= 0.6 is 0 Å². The first-order valence-electron chi connectivity index (χ1n) is 7.55. The van der Waals surface area contributed by atoms with Gasteiger partial charge in [0.2, 0.25) is 5.91 Å². The highest BCUT2D eigenvalue weighted by Crippen LogP contribution is 2.30. The summed E-state index contributed by atoms with van der Waals surface area (Å²) >= 11 is 0. The van der Waals surface area contributed by atoms with Crippen molar-refractivity contribution in [1.29, 1.82) is 0 Å². The van der Waals surface area contributed by atoms with Crippen LogP contribution < -0.4 is 14.8 Å². The number of hydrogen-bond donors (Lipinski definition) is 2. The van der Waals surface area contributed by atoms with Gasteiger partial charge < -0.3 is 10.1 Å². The van der Waals surface area contributed by atoms with Gasteiger partial charge in [0.1, 0.15) is 5.75 Å². The van der Waals surface area contributed by atoms with Gasteiger partial charge in [-0.3, -0.25) is 9.52 Å². The van der Waals surface area contributed by atoms with Crippen molar-refractivity contribution in [3.05, 3.63) is 47.5 Å². The van der Waals surface area contributed by atoms with Gasteiger partial charge in [-0.1, -0.05) is 13.0 Å². The minimum Gasteiger partial charge on any atom is -0.495 e. The fourth-order valence-electron chi connectivity index (χ4n) is 2.63. The van der Waals surface area contributed by atoms with Crippen molar-refractivity contribution in [2.24, 2.45) is 0 Å². The van der Waals surface area contributed by atoms with E-state index in [1.54, 1.807) is 18.2 Å². The first-order chi connectivity index (χ1) is 11.4. The Bertz CT molecular complexity index is 907. The molecule has 24 heavy (non-hydrogen) atoms. The molecule has 2 aromatic rings. The van der Waals surface area contributed by atoms with Crippen LogP contribution in [0.15, 0.2) is 41.3 Å². The lowest BCUT2D eigenvalue weighted by Crippen LogP contribution is -2.14. The third-order valence-electron chi connectivity index (χ3n) is 3.93. The summed E-state index contributed by atoms with van der Waals surface area (Å²) in [5.74, 6) is 0.318. The number of rotatable bonds is 5. The molecule has 7 heteroatoms. The molecule has 0 radical (unpaired) electrons. The van der Waals surface area contributed by atoms with Crippen molar-refractivity contribution >= 4 is 27.3 Å². The molecule has 0 spiro atoms. The number of nitrogens with one attached hydrogen (secondary N) is 2. The third kappa shape index (κ3) is 3.07. The van der Waals surface area contributed by atoms with Gasteiger partial charge in [-0.2, -0.15) is 0 Å². The highest BCUT2D eigenvalue weighted by molar-refractivity contribution is 7.92. The van der Waals surface area contributed by atoms with Crippen molar-refractivity contribution in [3.63, 3.8) is 0 Å². The monoisotopic (exact) mass is 346 g/mol. The van der Waals surface area contributed by atoms with Gasteiger partial charge in [0.25, 0.3) is 10.0 Å². The van der Waals surface area contributed by atoms with E-state index in [0.29, 0.717) is 22.7 Å². The second kappa shape index (κ2) is 6.16. The normalized spacial score (nSPS) is 13.3. The van der Waals surface area contributed by atoms with Crippen molar-refractivity contribution in [3.8, 4) is 5.75 Å². The fraction of sp³-hybridized carbons (Fsp3) is 0.235. The number of benzene rings is 2. The van der Waals surface area contributed by atoms with Gasteiger partial charge in [-0.05, 0) is 47.9 Å². The van der Waals surface area contributed by atoms with Gasteiger partial charge in [0.05, 0.1) is 24.1 Å². The minimum atomic E-state index is -3.78. The summed E-state index contributed by atoms with van der Waals surface area (Å²) in [4.78, 5) is 11.5. The zero-order valence-corrected chi connectivity index (χ0v) is 14.2. The Morgan fingerprint density at radius 2 is 2.00 bits per heavy atom. The molecule has 1 aliphatic heterocycles. The van der Waals surface area contributed by atoms with Crippen LogP contribution in [0.25, 0.3) is 0 Å². The van der Waals surface area contributed by atoms with E-state index in [9.17, 15) is 13.2 Å². The Balaban J connectivity index is 1.95. The Hall–Kier alpha value is -2.54. The van der Waals surface area contributed by atoms with Crippen LogP contribution in [-0.4, -0.2) is 21.4 Å². The molecule has 0 saturated heterocycles. The quantitative estimate of drug-likeness (QED) is 0.871. The predicted octanol–water partition coefficient (Wildman–Crippen LogP) is 2.55. The van der Waals surface area contributed by atoms with E-state index in [2.05, 4.69) is 10.0 Å². The molecular weight excluding hydrogens is 328 g/mol. The van der Waals surface area contributed by atoms with Gasteiger partial charge in [-0.15, -0.1) is 0 Å². The zero-order chi connectivity index (χ0) is 17.3. The van der Waals surface area contributed by atoms with Crippen LogP contribution in [0.3, 0.4) is 0 Å². The smallest absolute Gasteiger partial charge is 0.262 e. The second-order valence-electron chi connectivity index (χ2n) is 5.54. The van der Waals surface area contributed by atoms with Gasteiger partial charge >= 0.3 is 0 Å². The molecule has 0 saturated carbocycles. The molecular formula is C17H18N2O4S. The molecule has 2 aromatic carbocycles. The molecule has 0 aliphatic carbocycles. The van der Waals surface area contributed by atoms with Crippen LogP contribution in [0.5, 0.6) is 5.75 Å². The summed E-state index contributed by atoms with van der Waals surface area (Å²) in [6.07, 6.45) is 0.971. The van der Waals surface area contributed by atoms with Crippen LogP contribution in [0.4, 0.5) is 11.4 Å². The van der Waals surface area contributed by atoms with Crippen LogP contribution in [0.1, 0.15) is 18.1 Å². The van der Waals surface area contributed by atoms with Crippen molar-refractivity contribution in [2.75, 3.05) is 17.1 Å². The zero-order valence-electron chi connectivity index (χ0n) is 13.4. The molecule has 1 amide bonds. The summed E-state index contributed by atoms with van der Waals surface area (Å²) in [5, 5.41) is 2.68. The number of methoxy groups -OCH3 is 1. The molecule has 6 nitrogen and oxygen atoms in total. The topological polar surface area (TPSA) is 84.5 Å². The van der Waals surface area contributed by atoms with E-state index in [1.165, 1.54) is 19.2 Å². The van der Waals surface area contributed by atoms with E-state index in [-0.39, 0.29) is 17.2 Å². The molecule has 0 atom stereocenters. The Morgan fingerprint density at radius 3 is 2.71 bits per heavy atom. The maximum Gasteiger partial charge on any atom is 0.262 e. The van der Waals surface area contributed by atoms with Gasteiger partial charge in [0.15, 0.2) is 0 Å². The standard InChI is InChI=1S/C17H18N2O4S/c1-3-11-4-7-16(23-2)15(8-11)19-24(21,22)13-5-6-14-12(9-13)10-17(20)18-14/h4-9,19H,3,10H2,1-2H3,(H,18,20). The van der Waals surface area contributed by atoms with E-state index in [1.807, 2.05) is 13.0 Å². The number of carbonyl (C=O) groups is 1. The SMILES string of the molecule is CCc1ccc(OC)c(NS(=O)(=O)c2ccc3c(c2)CC(=O)N3)c1. The maximum atomic E-state index is 12.7. The number of fused-ring (bicyclic) bond motifs is 1. The Morgan fingerprint density at radius 1 is 1.21 bits per heavy atom. The molecule has 126 valence electrons. The molecule has 2 N–H and O–H groups in total. The lowest BCUT2D eigenvalue weighted by molar-refractivity contribution is -0.115. The average Bonchev–Trinajstić information content (AvgIpc) is 2.93. The van der Waals surface area contributed by atoms with Gasteiger partial charge in [0, 0.05) is 5.69 Å². The van der Waals surface area contributed by atoms with Crippen molar-refractivity contribution < 1.29 is 17.9 Å². The molecule has 0 bridgehead atoms. The van der Waals surface area contributed by atoms with Crippen molar-refractivity contribution in [1.82, 2.24) is 0 Å².